The number of benzene rings is 1. The number of carbonyl (C=O) groups is 2. The van der Waals surface area contributed by atoms with Crippen molar-refractivity contribution in [2.45, 2.75) is 13.1 Å². The second-order valence-corrected chi connectivity index (χ2v) is 5.63. The standard InChI is InChI=1S/C16H20N6O2/c23-15(10-21-6-5-17-8-16(21)24)19-7-13-3-1-2-4-14(13)9-22-12-18-11-20-22/h1-4,11-12,17H,5-10H2,(H,19,23). The van der Waals surface area contributed by atoms with Crippen LogP contribution in [0, 0.1) is 0 Å². The molecule has 2 N–H and O–H groups in total. The van der Waals surface area contributed by atoms with Crippen molar-refractivity contribution >= 4 is 11.8 Å². The molecular weight excluding hydrogens is 308 g/mol. The van der Waals surface area contributed by atoms with E-state index in [2.05, 4.69) is 20.7 Å². The highest BCUT2D eigenvalue weighted by Crippen LogP contribution is 2.10. The lowest BCUT2D eigenvalue weighted by atomic mass is 10.1. The number of rotatable bonds is 6. The minimum atomic E-state index is -0.152. The van der Waals surface area contributed by atoms with Crippen LogP contribution in [0.3, 0.4) is 0 Å². The number of aromatic nitrogens is 3. The van der Waals surface area contributed by atoms with E-state index in [1.165, 1.54) is 6.33 Å². The maximum atomic E-state index is 12.1. The van der Waals surface area contributed by atoms with E-state index in [0.717, 1.165) is 17.7 Å². The summed E-state index contributed by atoms with van der Waals surface area (Å²) in [5, 5.41) is 9.98. The number of hydrogen-bond acceptors (Lipinski definition) is 5. The van der Waals surface area contributed by atoms with Crippen LogP contribution in [0.2, 0.25) is 0 Å². The van der Waals surface area contributed by atoms with Crippen LogP contribution in [-0.4, -0.2) is 57.7 Å². The predicted molar refractivity (Wildman–Crippen MR) is 86.9 cm³/mol. The summed E-state index contributed by atoms with van der Waals surface area (Å²) in [6.45, 7) is 2.71. The van der Waals surface area contributed by atoms with Gasteiger partial charge in [0.15, 0.2) is 0 Å². The first-order valence-corrected chi connectivity index (χ1v) is 7.87. The lowest BCUT2D eigenvalue weighted by molar-refractivity contribution is -0.136. The molecule has 0 aliphatic carbocycles. The van der Waals surface area contributed by atoms with E-state index in [-0.39, 0.29) is 18.4 Å². The van der Waals surface area contributed by atoms with Gasteiger partial charge >= 0.3 is 0 Å². The molecule has 2 aromatic rings. The molecule has 24 heavy (non-hydrogen) atoms. The van der Waals surface area contributed by atoms with Crippen molar-refractivity contribution < 1.29 is 9.59 Å². The van der Waals surface area contributed by atoms with Gasteiger partial charge in [-0.3, -0.25) is 9.59 Å². The fourth-order valence-electron chi connectivity index (χ4n) is 2.61. The van der Waals surface area contributed by atoms with Gasteiger partial charge in [0.1, 0.15) is 12.7 Å². The minimum absolute atomic E-state index is 0.0389. The van der Waals surface area contributed by atoms with E-state index >= 15 is 0 Å². The van der Waals surface area contributed by atoms with E-state index in [1.807, 2.05) is 24.3 Å². The zero-order chi connectivity index (χ0) is 16.8. The molecule has 0 bridgehead atoms. The third-order valence-electron chi connectivity index (χ3n) is 3.92. The molecular formula is C16H20N6O2. The molecule has 1 fully saturated rings. The molecule has 3 rings (SSSR count). The van der Waals surface area contributed by atoms with Gasteiger partial charge in [-0.15, -0.1) is 0 Å². The van der Waals surface area contributed by atoms with E-state index in [4.69, 9.17) is 0 Å². The Morgan fingerprint density at radius 1 is 1.29 bits per heavy atom. The van der Waals surface area contributed by atoms with Gasteiger partial charge in [-0.1, -0.05) is 24.3 Å². The average molecular weight is 328 g/mol. The van der Waals surface area contributed by atoms with E-state index in [1.54, 1.807) is 15.9 Å². The molecule has 8 heteroatoms. The number of nitrogens with zero attached hydrogens (tertiary/aromatic N) is 4. The predicted octanol–water partition coefficient (Wildman–Crippen LogP) is -0.626. The summed E-state index contributed by atoms with van der Waals surface area (Å²) in [6.07, 6.45) is 3.15. The van der Waals surface area contributed by atoms with Gasteiger partial charge < -0.3 is 15.5 Å². The van der Waals surface area contributed by atoms with Crippen LogP contribution < -0.4 is 10.6 Å². The van der Waals surface area contributed by atoms with Crippen LogP contribution in [0.5, 0.6) is 0 Å². The third kappa shape index (κ3) is 4.17. The van der Waals surface area contributed by atoms with E-state index in [9.17, 15) is 9.59 Å². The zero-order valence-electron chi connectivity index (χ0n) is 13.3. The molecule has 0 spiro atoms. The van der Waals surface area contributed by atoms with Crippen molar-refractivity contribution in [3.8, 4) is 0 Å². The molecule has 0 unspecified atom stereocenters. The first kappa shape index (κ1) is 16.1. The Morgan fingerprint density at radius 2 is 2.12 bits per heavy atom. The summed E-state index contributed by atoms with van der Waals surface area (Å²) in [5.41, 5.74) is 2.09. The van der Waals surface area contributed by atoms with E-state index < -0.39 is 0 Å². The monoisotopic (exact) mass is 328 g/mol. The highest BCUT2D eigenvalue weighted by Gasteiger charge is 2.19. The summed E-state index contributed by atoms with van der Waals surface area (Å²) in [4.78, 5) is 29.3. The van der Waals surface area contributed by atoms with Crippen LogP contribution in [0.1, 0.15) is 11.1 Å². The molecule has 0 saturated carbocycles. The molecule has 1 aliphatic rings. The molecule has 2 amide bonds. The van der Waals surface area contributed by atoms with Crippen molar-refractivity contribution in [3.63, 3.8) is 0 Å². The first-order valence-electron chi connectivity index (χ1n) is 7.87. The smallest absolute Gasteiger partial charge is 0.239 e. The number of nitrogens with one attached hydrogen (secondary N) is 2. The van der Waals surface area contributed by atoms with Crippen LogP contribution in [-0.2, 0) is 22.7 Å². The maximum absolute atomic E-state index is 12.1. The Labute approximate surface area is 139 Å². The Morgan fingerprint density at radius 3 is 2.88 bits per heavy atom. The van der Waals surface area contributed by atoms with Gasteiger partial charge in [-0.05, 0) is 11.1 Å². The fourth-order valence-corrected chi connectivity index (χ4v) is 2.61. The largest absolute Gasteiger partial charge is 0.350 e. The highest BCUT2D eigenvalue weighted by atomic mass is 16.2. The SMILES string of the molecule is O=C(CN1CCNCC1=O)NCc1ccccc1Cn1cncn1. The van der Waals surface area contributed by atoms with Crippen molar-refractivity contribution in [1.29, 1.82) is 0 Å². The average Bonchev–Trinajstić information content (AvgIpc) is 3.09. The van der Waals surface area contributed by atoms with Gasteiger partial charge in [0.05, 0.1) is 19.6 Å². The Bertz CT molecular complexity index is 700. The number of piperazine rings is 1. The lowest BCUT2D eigenvalue weighted by Crippen LogP contribution is -2.51. The minimum Gasteiger partial charge on any atom is -0.350 e. The second-order valence-electron chi connectivity index (χ2n) is 5.63. The van der Waals surface area contributed by atoms with Crippen molar-refractivity contribution in [1.82, 2.24) is 30.3 Å². The summed E-state index contributed by atoms with van der Waals surface area (Å²) in [5.74, 6) is -0.191. The molecule has 0 radical (unpaired) electrons. The number of carbonyl (C=O) groups excluding carboxylic acids is 2. The molecule has 1 aromatic carbocycles. The summed E-state index contributed by atoms with van der Waals surface area (Å²) in [6, 6.07) is 7.87. The van der Waals surface area contributed by atoms with Gasteiger partial charge in [0.2, 0.25) is 11.8 Å². The maximum Gasteiger partial charge on any atom is 0.239 e. The van der Waals surface area contributed by atoms with Crippen molar-refractivity contribution in [3.05, 3.63) is 48.0 Å². The normalized spacial score (nSPS) is 14.7. The first-order chi connectivity index (χ1) is 11.7. The van der Waals surface area contributed by atoms with Crippen molar-refractivity contribution in [2.24, 2.45) is 0 Å². The quantitative estimate of drug-likeness (QED) is 0.737. The number of hydrogen-bond donors (Lipinski definition) is 2. The summed E-state index contributed by atoms with van der Waals surface area (Å²) in [7, 11) is 0. The van der Waals surface area contributed by atoms with Crippen molar-refractivity contribution in [2.75, 3.05) is 26.2 Å². The molecule has 1 aromatic heterocycles. The fraction of sp³-hybridized carbons (Fsp3) is 0.375. The Kier molecular flexibility index (Phi) is 5.17. The van der Waals surface area contributed by atoms with Gasteiger partial charge in [-0.2, -0.15) is 5.10 Å². The van der Waals surface area contributed by atoms with Crippen LogP contribution in [0.25, 0.3) is 0 Å². The second kappa shape index (κ2) is 7.69. The molecule has 2 heterocycles. The molecule has 0 atom stereocenters. The summed E-state index contributed by atoms with van der Waals surface area (Å²) < 4.78 is 1.74. The Balaban J connectivity index is 1.56. The van der Waals surface area contributed by atoms with Crippen LogP contribution in [0.15, 0.2) is 36.9 Å². The van der Waals surface area contributed by atoms with Crippen LogP contribution in [0.4, 0.5) is 0 Å². The molecule has 1 aliphatic heterocycles. The molecule has 8 nitrogen and oxygen atoms in total. The topological polar surface area (TPSA) is 92.2 Å². The van der Waals surface area contributed by atoms with Crippen LogP contribution >= 0.6 is 0 Å². The van der Waals surface area contributed by atoms with Gasteiger partial charge in [-0.25, -0.2) is 9.67 Å². The Hall–Kier alpha value is -2.74. The highest BCUT2D eigenvalue weighted by molar-refractivity contribution is 5.86. The lowest BCUT2D eigenvalue weighted by Gasteiger charge is -2.26. The zero-order valence-corrected chi connectivity index (χ0v) is 13.3. The number of amides is 2. The van der Waals surface area contributed by atoms with Gasteiger partial charge in [0.25, 0.3) is 0 Å². The van der Waals surface area contributed by atoms with Gasteiger partial charge in [0, 0.05) is 19.6 Å². The molecule has 1 saturated heterocycles. The van der Waals surface area contributed by atoms with E-state index in [0.29, 0.717) is 26.2 Å². The third-order valence-corrected chi connectivity index (χ3v) is 3.92. The molecule has 126 valence electrons. The summed E-state index contributed by atoms with van der Waals surface area (Å²) >= 11 is 0.